The Balaban J connectivity index is 2.44. The lowest BCUT2D eigenvalue weighted by molar-refractivity contribution is 0.415. The summed E-state index contributed by atoms with van der Waals surface area (Å²) in [5.74, 6) is 1.63. The van der Waals surface area contributed by atoms with E-state index >= 15 is 0 Å². The fourth-order valence-electron chi connectivity index (χ4n) is 1.92. The maximum atomic E-state index is 5.54. The van der Waals surface area contributed by atoms with Crippen molar-refractivity contribution < 1.29 is 4.74 Å². The number of hydrogen-bond donors (Lipinski definition) is 2. The number of benzene rings is 1. The minimum atomic E-state index is 0.563. The lowest BCUT2D eigenvalue weighted by atomic mass is 10.1. The van der Waals surface area contributed by atoms with Crippen molar-refractivity contribution in [3.05, 3.63) is 36.3 Å². The van der Waals surface area contributed by atoms with Gasteiger partial charge in [0, 0.05) is 25.1 Å². The van der Waals surface area contributed by atoms with Crippen molar-refractivity contribution in [2.24, 2.45) is 5.73 Å². The molecule has 20 heavy (non-hydrogen) atoms. The smallest absolute Gasteiger partial charge is 0.128 e. The second-order valence-corrected chi connectivity index (χ2v) is 4.35. The number of ether oxygens (including phenoxy) is 1. The Morgan fingerprint density at radius 2 is 2.20 bits per heavy atom. The van der Waals surface area contributed by atoms with Gasteiger partial charge in [0.25, 0.3) is 0 Å². The second kappa shape index (κ2) is 6.86. The average molecular weight is 272 g/mol. The highest BCUT2D eigenvalue weighted by molar-refractivity contribution is 5.74. The van der Waals surface area contributed by atoms with Crippen molar-refractivity contribution in [1.29, 1.82) is 0 Å². The third-order valence-corrected chi connectivity index (χ3v) is 2.96. The maximum Gasteiger partial charge on any atom is 0.128 e. The van der Waals surface area contributed by atoms with Gasteiger partial charge in [0.2, 0.25) is 0 Å². The molecule has 0 spiro atoms. The first-order valence-corrected chi connectivity index (χ1v) is 6.72. The summed E-state index contributed by atoms with van der Waals surface area (Å²) in [5.41, 5.74) is 8.31. The summed E-state index contributed by atoms with van der Waals surface area (Å²) in [5, 5.41) is 3.26. The normalized spacial score (nSPS) is 10.3. The van der Waals surface area contributed by atoms with E-state index in [0.29, 0.717) is 13.1 Å². The summed E-state index contributed by atoms with van der Waals surface area (Å²) < 4.78 is 5.27. The molecule has 2 rings (SSSR count). The minimum Gasteiger partial charge on any atom is -0.497 e. The molecule has 0 aliphatic heterocycles. The maximum absolute atomic E-state index is 5.54. The van der Waals surface area contributed by atoms with E-state index in [1.807, 2.05) is 37.4 Å². The SMILES string of the molecule is CCc1ncc(NCCN)c(-c2cccc(OC)c2)n1. The van der Waals surface area contributed by atoms with Crippen LogP contribution in [0.2, 0.25) is 0 Å². The van der Waals surface area contributed by atoms with Crippen LogP contribution < -0.4 is 15.8 Å². The molecule has 1 heterocycles. The van der Waals surface area contributed by atoms with Crippen LogP contribution in [-0.4, -0.2) is 30.2 Å². The predicted octanol–water partition coefficient (Wildman–Crippen LogP) is 2.09. The van der Waals surface area contributed by atoms with Gasteiger partial charge in [0.05, 0.1) is 24.7 Å². The first-order valence-electron chi connectivity index (χ1n) is 6.72. The largest absolute Gasteiger partial charge is 0.497 e. The Hall–Kier alpha value is -2.14. The third kappa shape index (κ3) is 3.24. The Morgan fingerprint density at radius 1 is 1.35 bits per heavy atom. The molecule has 0 aliphatic carbocycles. The lowest BCUT2D eigenvalue weighted by Crippen LogP contribution is -2.14. The first kappa shape index (κ1) is 14.3. The van der Waals surface area contributed by atoms with Gasteiger partial charge < -0.3 is 15.8 Å². The third-order valence-electron chi connectivity index (χ3n) is 2.96. The highest BCUT2D eigenvalue weighted by atomic mass is 16.5. The fraction of sp³-hybridized carbons (Fsp3) is 0.333. The summed E-state index contributed by atoms with van der Waals surface area (Å²) in [4.78, 5) is 8.95. The van der Waals surface area contributed by atoms with E-state index < -0.39 is 0 Å². The zero-order valence-corrected chi connectivity index (χ0v) is 11.9. The topological polar surface area (TPSA) is 73.1 Å². The number of aryl methyl sites for hydroxylation is 1. The second-order valence-electron chi connectivity index (χ2n) is 4.35. The molecule has 5 nitrogen and oxygen atoms in total. The van der Waals surface area contributed by atoms with Gasteiger partial charge in [0.1, 0.15) is 11.6 Å². The number of hydrogen-bond acceptors (Lipinski definition) is 5. The predicted molar refractivity (Wildman–Crippen MR) is 80.9 cm³/mol. The van der Waals surface area contributed by atoms with Crippen molar-refractivity contribution in [1.82, 2.24) is 9.97 Å². The van der Waals surface area contributed by atoms with Gasteiger partial charge in [0.15, 0.2) is 0 Å². The molecule has 0 amide bonds. The van der Waals surface area contributed by atoms with Crippen molar-refractivity contribution in [2.45, 2.75) is 13.3 Å². The van der Waals surface area contributed by atoms with Gasteiger partial charge in [-0.25, -0.2) is 9.97 Å². The average Bonchev–Trinajstić information content (AvgIpc) is 2.52. The molecule has 0 bridgehead atoms. The Labute approximate surface area is 119 Å². The molecule has 0 unspecified atom stereocenters. The van der Waals surface area contributed by atoms with Crippen molar-refractivity contribution in [3.8, 4) is 17.0 Å². The quantitative estimate of drug-likeness (QED) is 0.842. The number of anilines is 1. The number of nitrogens with one attached hydrogen (secondary N) is 1. The van der Waals surface area contributed by atoms with Gasteiger partial charge in [-0.05, 0) is 12.1 Å². The van der Waals surface area contributed by atoms with Crippen molar-refractivity contribution in [3.63, 3.8) is 0 Å². The summed E-state index contributed by atoms with van der Waals surface area (Å²) in [6.07, 6.45) is 2.62. The van der Waals surface area contributed by atoms with Gasteiger partial charge in [-0.3, -0.25) is 0 Å². The molecule has 5 heteroatoms. The van der Waals surface area contributed by atoms with E-state index in [4.69, 9.17) is 10.5 Å². The molecule has 3 N–H and O–H groups in total. The van der Waals surface area contributed by atoms with E-state index in [1.165, 1.54) is 0 Å². The molecule has 0 fully saturated rings. The number of methoxy groups -OCH3 is 1. The highest BCUT2D eigenvalue weighted by Gasteiger charge is 2.09. The molecule has 0 saturated carbocycles. The van der Waals surface area contributed by atoms with Gasteiger partial charge in [-0.2, -0.15) is 0 Å². The molecule has 0 aliphatic rings. The molecule has 2 aromatic rings. The number of rotatable bonds is 6. The standard InChI is InChI=1S/C15H20N4O/c1-3-14-18-10-13(17-8-7-16)15(19-14)11-5-4-6-12(9-11)20-2/h4-6,9-10,17H,3,7-8,16H2,1-2H3. The van der Waals surface area contributed by atoms with Crippen LogP contribution in [0.4, 0.5) is 5.69 Å². The Morgan fingerprint density at radius 3 is 2.90 bits per heavy atom. The molecule has 1 aromatic heterocycles. The van der Waals surface area contributed by atoms with Crippen LogP contribution in [0.15, 0.2) is 30.5 Å². The van der Waals surface area contributed by atoms with Crippen LogP contribution in [0.3, 0.4) is 0 Å². The molecule has 0 atom stereocenters. The van der Waals surface area contributed by atoms with Crippen LogP contribution in [0.25, 0.3) is 11.3 Å². The van der Waals surface area contributed by atoms with Crippen LogP contribution in [0.1, 0.15) is 12.7 Å². The zero-order valence-electron chi connectivity index (χ0n) is 11.9. The zero-order chi connectivity index (χ0) is 14.4. The molecule has 0 saturated heterocycles. The Kier molecular flexibility index (Phi) is 4.90. The van der Waals surface area contributed by atoms with E-state index in [0.717, 1.165) is 34.9 Å². The summed E-state index contributed by atoms with van der Waals surface area (Å²) in [6, 6.07) is 7.85. The van der Waals surface area contributed by atoms with E-state index in [-0.39, 0.29) is 0 Å². The monoisotopic (exact) mass is 272 g/mol. The van der Waals surface area contributed by atoms with Gasteiger partial charge >= 0.3 is 0 Å². The van der Waals surface area contributed by atoms with E-state index in [2.05, 4.69) is 15.3 Å². The minimum absolute atomic E-state index is 0.563. The van der Waals surface area contributed by atoms with Crippen LogP contribution in [-0.2, 0) is 6.42 Å². The molecular weight excluding hydrogens is 252 g/mol. The van der Waals surface area contributed by atoms with Crippen LogP contribution in [0.5, 0.6) is 5.75 Å². The van der Waals surface area contributed by atoms with Gasteiger partial charge in [-0.15, -0.1) is 0 Å². The lowest BCUT2D eigenvalue weighted by Gasteiger charge is -2.12. The summed E-state index contributed by atoms with van der Waals surface area (Å²) in [7, 11) is 1.66. The summed E-state index contributed by atoms with van der Waals surface area (Å²) >= 11 is 0. The van der Waals surface area contributed by atoms with E-state index in [1.54, 1.807) is 7.11 Å². The molecular formula is C15H20N4O. The number of aromatic nitrogens is 2. The fourth-order valence-corrected chi connectivity index (χ4v) is 1.92. The molecule has 1 aromatic carbocycles. The summed E-state index contributed by atoms with van der Waals surface area (Å²) in [6.45, 7) is 3.29. The molecule has 106 valence electrons. The number of nitrogens with zero attached hydrogens (tertiary/aromatic N) is 2. The van der Waals surface area contributed by atoms with Crippen molar-refractivity contribution >= 4 is 5.69 Å². The van der Waals surface area contributed by atoms with E-state index in [9.17, 15) is 0 Å². The van der Waals surface area contributed by atoms with Gasteiger partial charge in [-0.1, -0.05) is 19.1 Å². The first-order chi connectivity index (χ1) is 9.78. The highest BCUT2D eigenvalue weighted by Crippen LogP contribution is 2.28. The van der Waals surface area contributed by atoms with Crippen molar-refractivity contribution in [2.75, 3.05) is 25.5 Å². The van der Waals surface area contributed by atoms with Crippen LogP contribution in [0, 0.1) is 0 Å². The molecule has 0 radical (unpaired) electrons. The Bertz CT molecular complexity index is 572. The number of nitrogens with two attached hydrogens (primary N) is 1. The van der Waals surface area contributed by atoms with Crippen LogP contribution >= 0.6 is 0 Å².